The minimum atomic E-state index is 0.287. The number of benzene rings is 2. The van der Waals surface area contributed by atoms with Gasteiger partial charge in [0.05, 0.1) is 11.3 Å². The molecule has 1 aliphatic heterocycles. The normalized spacial score (nSPS) is 15.0. The van der Waals surface area contributed by atoms with E-state index in [-0.39, 0.29) is 5.71 Å². The quantitative estimate of drug-likeness (QED) is 0.543. The summed E-state index contributed by atoms with van der Waals surface area (Å²) in [5.41, 5.74) is 7.70. The van der Waals surface area contributed by atoms with Gasteiger partial charge < -0.3 is 20.7 Å². The summed E-state index contributed by atoms with van der Waals surface area (Å²) in [4.78, 5) is 10.8. The van der Waals surface area contributed by atoms with Crippen LogP contribution in [0.5, 0.6) is 11.5 Å². The summed E-state index contributed by atoms with van der Waals surface area (Å²) in [7, 11) is 2.13. The number of para-hydroxylation sites is 1. The third-order valence-electron chi connectivity index (χ3n) is 5.31. The van der Waals surface area contributed by atoms with Crippen LogP contribution < -0.4 is 15.8 Å². The maximum Gasteiger partial charge on any atom is 0.141 e. The van der Waals surface area contributed by atoms with Gasteiger partial charge in [-0.05, 0) is 69.4 Å². The molecular weight excluding hydrogens is 376 g/mol. The Bertz CT molecular complexity index is 998. The summed E-state index contributed by atoms with van der Waals surface area (Å²) in [6, 6.07) is 17.3. The summed E-state index contributed by atoms with van der Waals surface area (Å²) >= 11 is 0. The van der Waals surface area contributed by atoms with E-state index in [2.05, 4.69) is 27.2 Å². The molecule has 0 bridgehead atoms. The lowest BCUT2D eigenvalue weighted by Crippen LogP contribution is -2.37. The number of aromatic nitrogens is 2. The first-order chi connectivity index (χ1) is 14.6. The smallest absolute Gasteiger partial charge is 0.141 e. The average molecular weight is 403 g/mol. The van der Waals surface area contributed by atoms with Gasteiger partial charge >= 0.3 is 0 Å². The molecule has 1 aromatic heterocycles. The van der Waals surface area contributed by atoms with Gasteiger partial charge in [-0.1, -0.05) is 18.2 Å². The molecule has 7 nitrogen and oxygen atoms in total. The average Bonchev–Trinajstić information content (AvgIpc) is 2.76. The fourth-order valence-electron chi connectivity index (χ4n) is 3.56. The molecule has 2 aromatic carbocycles. The maximum atomic E-state index is 8.74. The number of likely N-dealkylation sites (tertiary alicyclic amines) is 1. The summed E-state index contributed by atoms with van der Waals surface area (Å²) in [5, 5.41) is 12.2. The van der Waals surface area contributed by atoms with Gasteiger partial charge in [0.2, 0.25) is 0 Å². The van der Waals surface area contributed by atoms with Crippen molar-refractivity contribution in [2.45, 2.75) is 18.9 Å². The van der Waals surface area contributed by atoms with Crippen LogP contribution in [0.2, 0.25) is 0 Å². The molecule has 0 radical (unpaired) electrons. The van der Waals surface area contributed by atoms with E-state index in [0.29, 0.717) is 29.0 Å². The van der Waals surface area contributed by atoms with E-state index in [0.717, 1.165) is 37.2 Å². The van der Waals surface area contributed by atoms with Crippen molar-refractivity contribution in [1.82, 2.24) is 14.9 Å². The Hall–Kier alpha value is -3.45. The number of rotatable bonds is 6. The van der Waals surface area contributed by atoms with E-state index in [1.54, 1.807) is 0 Å². The monoisotopic (exact) mass is 402 g/mol. The van der Waals surface area contributed by atoms with E-state index >= 15 is 0 Å². The van der Waals surface area contributed by atoms with Gasteiger partial charge in [0.15, 0.2) is 0 Å². The van der Waals surface area contributed by atoms with E-state index in [1.165, 1.54) is 6.33 Å². The molecule has 0 amide bonds. The molecule has 0 unspecified atom stereocenters. The predicted molar refractivity (Wildman–Crippen MR) is 119 cm³/mol. The van der Waals surface area contributed by atoms with Crippen molar-refractivity contribution in [2.24, 2.45) is 0 Å². The number of nitrogens with zero attached hydrogens (tertiary/aromatic N) is 3. The van der Waals surface area contributed by atoms with Gasteiger partial charge in [-0.15, -0.1) is 0 Å². The van der Waals surface area contributed by atoms with E-state index in [4.69, 9.17) is 15.9 Å². The zero-order chi connectivity index (χ0) is 20.9. The molecule has 0 saturated carbocycles. The second-order valence-electron chi connectivity index (χ2n) is 7.52. The number of ether oxygens (including phenoxy) is 1. The van der Waals surface area contributed by atoms with Crippen molar-refractivity contribution in [2.75, 3.05) is 31.2 Å². The molecule has 0 aliphatic carbocycles. The van der Waals surface area contributed by atoms with E-state index in [1.807, 2.05) is 54.6 Å². The van der Waals surface area contributed by atoms with Crippen LogP contribution in [0, 0.1) is 5.41 Å². The highest BCUT2D eigenvalue weighted by atomic mass is 16.5. The highest BCUT2D eigenvalue weighted by molar-refractivity contribution is 6.16. The Labute approximate surface area is 176 Å². The molecule has 0 spiro atoms. The number of nitrogens with one attached hydrogen (secondary N) is 2. The van der Waals surface area contributed by atoms with Crippen LogP contribution in [0.25, 0.3) is 0 Å². The molecule has 154 valence electrons. The number of nitrogens with two attached hydrogens (primary N) is 1. The first-order valence-electron chi connectivity index (χ1n) is 10.1. The van der Waals surface area contributed by atoms with Crippen molar-refractivity contribution in [3.63, 3.8) is 0 Å². The van der Waals surface area contributed by atoms with Crippen molar-refractivity contribution >= 4 is 17.3 Å². The molecule has 7 heteroatoms. The molecule has 4 N–H and O–H groups in total. The summed E-state index contributed by atoms with van der Waals surface area (Å²) in [6.45, 7) is 2.07. The summed E-state index contributed by atoms with van der Waals surface area (Å²) < 4.78 is 5.84. The van der Waals surface area contributed by atoms with Crippen molar-refractivity contribution in [3.05, 3.63) is 72.1 Å². The Balaban J connectivity index is 1.52. The minimum Gasteiger partial charge on any atom is -0.457 e. The van der Waals surface area contributed by atoms with Crippen LogP contribution in [0.1, 0.15) is 24.0 Å². The van der Waals surface area contributed by atoms with Gasteiger partial charge in [0.1, 0.15) is 29.5 Å². The van der Waals surface area contributed by atoms with Crippen LogP contribution >= 0.6 is 0 Å². The Kier molecular flexibility index (Phi) is 5.90. The van der Waals surface area contributed by atoms with Crippen molar-refractivity contribution in [3.8, 4) is 11.5 Å². The Morgan fingerprint density at radius 1 is 1.03 bits per heavy atom. The number of hydrogen-bond acceptors (Lipinski definition) is 7. The van der Waals surface area contributed by atoms with Crippen LogP contribution in [0.15, 0.2) is 60.9 Å². The van der Waals surface area contributed by atoms with Gasteiger partial charge in [-0.25, -0.2) is 9.97 Å². The lowest BCUT2D eigenvalue weighted by atomic mass is 10.0. The Morgan fingerprint density at radius 2 is 1.70 bits per heavy atom. The van der Waals surface area contributed by atoms with Gasteiger partial charge in [0, 0.05) is 11.6 Å². The predicted octanol–water partition coefficient (Wildman–Crippen LogP) is 3.77. The molecule has 3 aromatic rings. The number of anilines is 2. The highest BCUT2D eigenvalue weighted by Gasteiger charge is 2.21. The van der Waals surface area contributed by atoms with Gasteiger partial charge in [0.25, 0.3) is 0 Å². The SMILES string of the molecule is CN1CCC(Nc2ncnc(N)c2C(=N)c2ccc(Oc3ccccc3)cc2)CC1. The largest absolute Gasteiger partial charge is 0.457 e. The van der Waals surface area contributed by atoms with E-state index < -0.39 is 0 Å². The molecule has 1 aliphatic rings. The topological polar surface area (TPSA) is 100 Å². The minimum absolute atomic E-state index is 0.287. The fraction of sp³-hybridized carbons (Fsp3) is 0.261. The second-order valence-corrected chi connectivity index (χ2v) is 7.52. The van der Waals surface area contributed by atoms with Crippen LogP contribution in [-0.2, 0) is 0 Å². The van der Waals surface area contributed by atoms with E-state index in [9.17, 15) is 0 Å². The zero-order valence-corrected chi connectivity index (χ0v) is 17.0. The van der Waals surface area contributed by atoms with Crippen LogP contribution in [0.3, 0.4) is 0 Å². The van der Waals surface area contributed by atoms with Gasteiger partial charge in [-0.3, -0.25) is 5.41 Å². The summed E-state index contributed by atoms with van der Waals surface area (Å²) in [5.74, 6) is 2.40. The number of hydrogen-bond donors (Lipinski definition) is 3. The molecule has 1 fully saturated rings. The first kappa shape index (κ1) is 19.8. The standard InChI is InChI=1S/C23H26N6O/c1-29-13-11-17(12-14-29)28-23-20(22(25)26-15-27-23)21(24)16-7-9-19(10-8-16)30-18-5-3-2-4-6-18/h2-10,15,17,24H,11-14H2,1H3,(H3,25,26,27,28). The first-order valence-corrected chi connectivity index (χ1v) is 10.1. The van der Waals surface area contributed by atoms with Gasteiger partial charge in [-0.2, -0.15) is 0 Å². The second kappa shape index (κ2) is 8.92. The summed E-state index contributed by atoms with van der Waals surface area (Å²) in [6.07, 6.45) is 3.50. The molecule has 30 heavy (non-hydrogen) atoms. The van der Waals surface area contributed by atoms with Crippen LogP contribution in [0.4, 0.5) is 11.6 Å². The Morgan fingerprint density at radius 3 is 2.40 bits per heavy atom. The van der Waals surface area contributed by atoms with Crippen LogP contribution in [-0.4, -0.2) is 46.8 Å². The third-order valence-corrected chi connectivity index (χ3v) is 5.31. The van der Waals surface area contributed by atoms with Crippen molar-refractivity contribution in [1.29, 1.82) is 5.41 Å². The lowest BCUT2D eigenvalue weighted by Gasteiger charge is -2.30. The highest BCUT2D eigenvalue weighted by Crippen LogP contribution is 2.26. The van der Waals surface area contributed by atoms with Crippen molar-refractivity contribution < 1.29 is 4.74 Å². The number of piperidine rings is 1. The lowest BCUT2D eigenvalue weighted by molar-refractivity contribution is 0.263. The molecule has 0 atom stereocenters. The third kappa shape index (κ3) is 4.58. The molecular formula is C23H26N6O. The molecule has 1 saturated heterocycles. The zero-order valence-electron chi connectivity index (χ0n) is 17.0. The molecule has 4 rings (SSSR count). The maximum absolute atomic E-state index is 8.74. The number of nitrogen functional groups attached to an aromatic ring is 1. The fourth-order valence-corrected chi connectivity index (χ4v) is 3.56. The molecule has 2 heterocycles.